The summed E-state index contributed by atoms with van der Waals surface area (Å²) >= 11 is 6.36. The summed E-state index contributed by atoms with van der Waals surface area (Å²) in [6.07, 6.45) is 0. The van der Waals surface area contributed by atoms with Crippen LogP contribution in [0.5, 0.6) is 0 Å². The average Bonchev–Trinajstić information content (AvgIpc) is 1.35. The van der Waals surface area contributed by atoms with Crippen LogP contribution in [0, 0.1) is 0 Å². The number of ether oxygens (including phenoxy) is 1. The van der Waals surface area contributed by atoms with Gasteiger partial charge in [-0.2, -0.15) is 0 Å². The highest BCUT2D eigenvalue weighted by molar-refractivity contribution is 14.1. The van der Waals surface area contributed by atoms with Crippen LogP contribution in [-0.4, -0.2) is 9.79 Å². The molecule has 6 heavy (non-hydrogen) atoms. The molecular weight excluding hydrogens is 213 g/mol. The van der Waals surface area contributed by atoms with E-state index in [0.717, 1.165) is 0 Å². The molecule has 0 unspecified atom stereocenters. The minimum absolute atomic E-state index is 0.115. The fourth-order valence-electron chi connectivity index (χ4n) is 0.0538. The third-order valence-corrected chi connectivity index (χ3v) is 0.626. The van der Waals surface area contributed by atoms with E-state index in [9.17, 15) is 0 Å². The van der Waals surface area contributed by atoms with E-state index in [0.29, 0.717) is 4.61 Å². The number of hydrogen-bond donors (Lipinski definition) is 1. The van der Waals surface area contributed by atoms with Crippen LogP contribution in [0.25, 0.3) is 0 Å². The van der Waals surface area contributed by atoms with Gasteiger partial charge in [-0.1, -0.05) is 0 Å². The molecule has 0 amide bonds. The smallest absolute Gasteiger partial charge is 0.254 e. The quantitative estimate of drug-likeness (QED) is 0.397. The number of alkyl halides is 1. The van der Waals surface area contributed by atoms with E-state index in [-0.39, 0.29) is 5.17 Å². The molecule has 0 spiro atoms. The summed E-state index contributed by atoms with van der Waals surface area (Å²) in [5, 5.41) is 0.115. The fourth-order valence-corrected chi connectivity index (χ4v) is 0.659. The van der Waals surface area contributed by atoms with Gasteiger partial charge in [0.2, 0.25) is 0 Å². The molecule has 0 aliphatic carbocycles. The third kappa shape index (κ3) is 4.42. The molecule has 0 bridgehead atoms. The molecular formula is C2H4INOS. The lowest BCUT2D eigenvalue weighted by atomic mass is 11.3. The van der Waals surface area contributed by atoms with Crippen molar-refractivity contribution in [3.8, 4) is 0 Å². The Hall–Kier alpha value is 0.420. The van der Waals surface area contributed by atoms with Crippen molar-refractivity contribution in [1.82, 2.24) is 0 Å². The Morgan fingerprint density at radius 1 is 2.00 bits per heavy atom. The van der Waals surface area contributed by atoms with Gasteiger partial charge in [-0.05, 0) is 34.8 Å². The summed E-state index contributed by atoms with van der Waals surface area (Å²) in [5.74, 6) is 0. The van der Waals surface area contributed by atoms with Crippen molar-refractivity contribution in [3.63, 3.8) is 0 Å². The predicted molar refractivity (Wildman–Crippen MR) is 36.8 cm³/mol. The fraction of sp³-hybridized carbons (Fsp3) is 0.500. The maximum absolute atomic E-state index is 4.91. The lowest BCUT2D eigenvalue weighted by Crippen LogP contribution is -2.10. The molecule has 0 radical (unpaired) electrons. The molecule has 0 aliphatic rings. The van der Waals surface area contributed by atoms with Crippen molar-refractivity contribution in [3.05, 3.63) is 0 Å². The number of rotatable bonds is 1. The summed E-state index contributed by atoms with van der Waals surface area (Å²) in [4.78, 5) is 0. The Morgan fingerprint density at radius 3 is 2.50 bits per heavy atom. The molecule has 4 heteroatoms. The van der Waals surface area contributed by atoms with Gasteiger partial charge in [0.25, 0.3) is 5.17 Å². The molecule has 0 saturated carbocycles. The van der Waals surface area contributed by atoms with Gasteiger partial charge in [-0.15, -0.1) is 0 Å². The van der Waals surface area contributed by atoms with Gasteiger partial charge in [0.1, 0.15) is 4.61 Å². The van der Waals surface area contributed by atoms with Gasteiger partial charge in [0, 0.05) is 0 Å². The van der Waals surface area contributed by atoms with Crippen molar-refractivity contribution < 1.29 is 4.74 Å². The second-order valence-corrected chi connectivity index (χ2v) is 1.60. The molecule has 2 nitrogen and oxygen atoms in total. The van der Waals surface area contributed by atoms with Crippen molar-refractivity contribution in [1.29, 1.82) is 0 Å². The van der Waals surface area contributed by atoms with Gasteiger partial charge >= 0.3 is 0 Å². The molecule has 0 aromatic carbocycles. The van der Waals surface area contributed by atoms with Gasteiger partial charge in [0.15, 0.2) is 0 Å². The first-order chi connectivity index (χ1) is 2.77. The Labute approximate surface area is 55.2 Å². The zero-order valence-corrected chi connectivity index (χ0v) is 5.95. The minimum Gasteiger partial charge on any atom is -0.461 e. The van der Waals surface area contributed by atoms with Gasteiger partial charge in [0.05, 0.1) is 0 Å². The predicted octanol–water partition coefficient (Wildman–Crippen LogP) is 0.639. The van der Waals surface area contributed by atoms with Crippen molar-refractivity contribution in [2.24, 2.45) is 5.73 Å². The normalized spacial score (nSPS) is 7.50. The largest absolute Gasteiger partial charge is 0.461 e. The van der Waals surface area contributed by atoms with Crippen LogP contribution in [-0.2, 0) is 4.74 Å². The van der Waals surface area contributed by atoms with Crippen LogP contribution in [0.2, 0.25) is 0 Å². The summed E-state index contributed by atoms with van der Waals surface area (Å²) in [6, 6.07) is 0. The number of hydrogen-bond acceptors (Lipinski definition) is 2. The van der Waals surface area contributed by atoms with Crippen molar-refractivity contribution >= 4 is 40.0 Å². The van der Waals surface area contributed by atoms with E-state index >= 15 is 0 Å². The Bertz CT molecular complexity index is 57.5. The summed E-state index contributed by atoms with van der Waals surface area (Å²) in [5.41, 5.74) is 4.91. The molecule has 0 aromatic rings. The van der Waals surface area contributed by atoms with E-state index in [4.69, 9.17) is 5.73 Å². The van der Waals surface area contributed by atoms with Crippen molar-refractivity contribution in [2.45, 2.75) is 0 Å². The SMILES string of the molecule is NC(=S)OCI. The first kappa shape index (κ1) is 6.42. The monoisotopic (exact) mass is 217 g/mol. The van der Waals surface area contributed by atoms with Crippen LogP contribution in [0.1, 0.15) is 0 Å². The second-order valence-electron chi connectivity index (χ2n) is 0.572. The summed E-state index contributed by atoms with van der Waals surface area (Å²) in [7, 11) is 0. The average molecular weight is 217 g/mol. The molecule has 0 heterocycles. The maximum atomic E-state index is 4.91. The van der Waals surface area contributed by atoms with Crippen LogP contribution in [0.4, 0.5) is 0 Å². The van der Waals surface area contributed by atoms with E-state index in [1.165, 1.54) is 0 Å². The Balaban J connectivity index is 2.83. The first-order valence-electron chi connectivity index (χ1n) is 1.25. The molecule has 0 aromatic heterocycles. The van der Waals surface area contributed by atoms with Gasteiger partial charge in [-0.3, -0.25) is 0 Å². The first-order valence-corrected chi connectivity index (χ1v) is 3.19. The third-order valence-electron chi connectivity index (χ3n) is 0.197. The highest BCUT2D eigenvalue weighted by Crippen LogP contribution is 1.80. The lowest BCUT2D eigenvalue weighted by Gasteiger charge is -1.91. The van der Waals surface area contributed by atoms with Crippen LogP contribution < -0.4 is 5.73 Å². The van der Waals surface area contributed by atoms with Crippen molar-refractivity contribution in [2.75, 3.05) is 4.61 Å². The summed E-state index contributed by atoms with van der Waals surface area (Å²) < 4.78 is 5.07. The van der Waals surface area contributed by atoms with Gasteiger partial charge in [-0.25, -0.2) is 0 Å². The van der Waals surface area contributed by atoms with Crippen LogP contribution in [0.3, 0.4) is 0 Å². The van der Waals surface area contributed by atoms with Crippen LogP contribution in [0.15, 0.2) is 0 Å². The standard InChI is InChI=1S/C2H4INOS/c3-1-5-2(4)6/h1H2,(H2,4,6). The molecule has 0 rings (SSSR count). The topological polar surface area (TPSA) is 35.2 Å². The molecule has 0 saturated heterocycles. The zero-order chi connectivity index (χ0) is 4.99. The number of nitrogens with two attached hydrogens (primary N) is 1. The van der Waals surface area contributed by atoms with E-state index in [1.54, 1.807) is 0 Å². The van der Waals surface area contributed by atoms with E-state index in [2.05, 4.69) is 17.0 Å². The lowest BCUT2D eigenvalue weighted by molar-refractivity contribution is 0.397. The minimum atomic E-state index is 0.115. The molecule has 36 valence electrons. The Kier molecular flexibility index (Phi) is 3.86. The molecule has 0 atom stereocenters. The van der Waals surface area contributed by atoms with E-state index < -0.39 is 0 Å². The maximum Gasteiger partial charge on any atom is 0.254 e. The number of halogens is 1. The number of thiocarbonyl (C=S) groups is 1. The van der Waals surface area contributed by atoms with E-state index in [1.807, 2.05) is 22.6 Å². The second kappa shape index (κ2) is 3.60. The molecule has 0 fully saturated rings. The molecule has 2 N–H and O–H groups in total. The highest BCUT2D eigenvalue weighted by Gasteiger charge is 1.77. The van der Waals surface area contributed by atoms with Crippen LogP contribution >= 0.6 is 34.8 Å². The highest BCUT2D eigenvalue weighted by atomic mass is 127. The summed E-state index contributed by atoms with van der Waals surface area (Å²) in [6.45, 7) is 0. The Morgan fingerprint density at radius 2 is 2.50 bits per heavy atom. The molecule has 0 aliphatic heterocycles. The zero-order valence-electron chi connectivity index (χ0n) is 2.98. The van der Waals surface area contributed by atoms with Gasteiger partial charge < -0.3 is 10.5 Å².